The molecule has 0 aromatic heterocycles. The Labute approximate surface area is 145 Å². The van der Waals surface area contributed by atoms with Crippen molar-refractivity contribution in [3.63, 3.8) is 0 Å². The molecule has 0 saturated carbocycles. The minimum absolute atomic E-state index is 0.0270. The zero-order chi connectivity index (χ0) is 18.7. The molecular formula is C17H13F3N2O4. The molecule has 0 bridgehead atoms. The van der Waals surface area contributed by atoms with E-state index in [0.717, 1.165) is 0 Å². The number of alkyl halides is 3. The first kappa shape index (κ1) is 17.6. The zero-order valence-electron chi connectivity index (χ0n) is 13.2. The van der Waals surface area contributed by atoms with Crippen LogP contribution < -0.4 is 20.1 Å². The van der Waals surface area contributed by atoms with Gasteiger partial charge in [0.05, 0.1) is 0 Å². The number of ether oxygens (including phenoxy) is 2. The molecule has 2 N–H and O–H groups in total. The molecule has 0 fully saturated rings. The zero-order valence-corrected chi connectivity index (χ0v) is 13.2. The van der Waals surface area contributed by atoms with E-state index in [2.05, 4.69) is 5.32 Å². The first-order valence-corrected chi connectivity index (χ1v) is 7.48. The lowest BCUT2D eigenvalue weighted by molar-refractivity contribution is -0.167. The van der Waals surface area contributed by atoms with Crippen LogP contribution in [0.1, 0.15) is 15.9 Å². The van der Waals surface area contributed by atoms with Crippen molar-refractivity contribution in [2.45, 2.75) is 12.7 Å². The Kier molecular flexibility index (Phi) is 4.70. The molecule has 2 aromatic carbocycles. The first-order chi connectivity index (χ1) is 12.3. The first-order valence-electron chi connectivity index (χ1n) is 7.48. The van der Waals surface area contributed by atoms with Crippen molar-refractivity contribution >= 4 is 17.5 Å². The average molecular weight is 366 g/mol. The van der Waals surface area contributed by atoms with Gasteiger partial charge in [0.1, 0.15) is 0 Å². The number of hydrogen-bond donors (Lipinski definition) is 2. The summed E-state index contributed by atoms with van der Waals surface area (Å²) >= 11 is 0. The summed E-state index contributed by atoms with van der Waals surface area (Å²) in [5, 5.41) is 4.39. The van der Waals surface area contributed by atoms with E-state index in [0.29, 0.717) is 22.6 Å². The quantitative estimate of drug-likeness (QED) is 0.873. The van der Waals surface area contributed by atoms with Crippen molar-refractivity contribution in [2.75, 3.05) is 12.1 Å². The summed E-state index contributed by atoms with van der Waals surface area (Å²) in [4.78, 5) is 23.3. The third-order valence-corrected chi connectivity index (χ3v) is 3.60. The fourth-order valence-corrected chi connectivity index (χ4v) is 2.30. The van der Waals surface area contributed by atoms with Crippen LogP contribution in [0.2, 0.25) is 0 Å². The largest absolute Gasteiger partial charge is 0.471 e. The minimum atomic E-state index is -5.00. The maximum Gasteiger partial charge on any atom is 0.471 e. The molecule has 0 saturated heterocycles. The van der Waals surface area contributed by atoms with Gasteiger partial charge in [-0.05, 0) is 29.8 Å². The summed E-state index contributed by atoms with van der Waals surface area (Å²) in [5.41, 5.74) is 0.617. The minimum Gasteiger partial charge on any atom is -0.454 e. The predicted molar refractivity (Wildman–Crippen MR) is 84.9 cm³/mol. The normalized spacial score (nSPS) is 12.6. The highest BCUT2D eigenvalue weighted by molar-refractivity contribution is 5.96. The number of halogens is 3. The molecule has 9 heteroatoms. The van der Waals surface area contributed by atoms with Gasteiger partial charge in [0, 0.05) is 17.8 Å². The Bertz CT molecular complexity index is 852. The number of nitrogens with one attached hydrogen (secondary N) is 2. The van der Waals surface area contributed by atoms with Gasteiger partial charge in [-0.1, -0.05) is 18.2 Å². The molecule has 1 aliphatic heterocycles. The molecule has 6 nitrogen and oxygen atoms in total. The number of fused-ring (bicyclic) bond motifs is 1. The summed E-state index contributed by atoms with van der Waals surface area (Å²) in [5.74, 6) is -1.55. The van der Waals surface area contributed by atoms with Crippen molar-refractivity contribution in [3.05, 3.63) is 53.6 Å². The lowest BCUT2D eigenvalue weighted by atomic mass is 10.1. The molecule has 2 amide bonds. The van der Waals surface area contributed by atoms with Gasteiger partial charge < -0.3 is 20.1 Å². The molecule has 26 heavy (non-hydrogen) atoms. The van der Waals surface area contributed by atoms with E-state index >= 15 is 0 Å². The Hall–Kier alpha value is -3.23. The van der Waals surface area contributed by atoms with Gasteiger partial charge >= 0.3 is 12.1 Å². The molecule has 3 rings (SSSR count). The summed E-state index contributed by atoms with van der Waals surface area (Å²) in [6, 6.07) is 10.5. The fourth-order valence-electron chi connectivity index (χ4n) is 2.30. The molecule has 0 atom stereocenters. The van der Waals surface area contributed by atoms with Crippen molar-refractivity contribution < 1.29 is 32.2 Å². The van der Waals surface area contributed by atoms with Crippen LogP contribution in [0.25, 0.3) is 0 Å². The third kappa shape index (κ3) is 3.88. The van der Waals surface area contributed by atoms with Crippen molar-refractivity contribution in [3.8, 4) is 11.5 Å². The highest BCUT2D eigenvalue weighted by Gasteiger charge is 2.38. The number of anilines is 1. The molecule has 1 heterocycles. The van der Waals surface area contributed by atoms with E-state index in [1.165, 1.54) is 24.3 Å². The Balaban J connectivity index is 1.68. The van der Waals surface area contributed by atoms with E-state index in [-0.39, 0.29) is 19.0 Å². The molecule has 0 aliphatic carbocycles. The van der Waals surface area contributed by atoms with E-state index in [1.807, 2.05) is 0 Å². The number of hydrogen-bond acceptors (Lipinski definition) is 4. The second-order valence-corrected chi connectivity index (χ2v) is 5.36. The molecule has 1 aliphatic rings. The van der Waals surface area contributed by atoms with Crippen LogP contribution in [-0.2, 0) is 11.3 Å². The molecule has 136 valence electrons. The standard InChI is InChI=1S/C17H13F3N2O4/c18-17(19,20)16(24)22-12-4-2-1-3-11(12)8-21-15(23)10-5-6-13-14(7-10)26-9-25-13/h1-7H,8-9H2,(H,21,23)(H,22,24). The monoisotopic (exact) mass is 366 g/mol. The lowest BCUT2D eigenvalue weighted by Gasteiger charge is -2.13. The van der Waals surface area contributed by atoms with Gasteiger partial charge in [-0.2, -0.15) is 13.2 Å². The van der Waals surface area contributed by atoms with Crippen LogP contribution in [0.4, 0.5) is 18.9 Å². The SMILES string of the molecule is O=C(NCc1ccccc1NC(=O)C(F)(F)F)c1ccc2c(c1)OCO2. The summed E-state index contributed by atoms with van der Waals surface area (Å²) in [6.45, 7) is 0.00820. The third-order valence-electron chi connectivity index (χ3n) is 3.60. The molecular weight excluding hydrogens is 353 g/mol. The molecule has 0 spiro atoms. The van der Waals surface area contributed by atoms with Crippen LogP contribution in [0.15, 0.2) is 42.5 Å². The van der Waals surface area contributed by atoms with Gasteiger partial charge in [0.15, 0.2) is 11.5 Å². The van der Waals surface area contributed by atoms with Crippen molar-refractivity contribution in [2.24, 2.45) is 0 Å². The Morgan fingerprint density at radius 1 is 1.04 bits per heavy atom. The summed E-state index contributed by atoms with van der Waals surface area (Å²) in [6.07, 6.45) is -5.00. The lowest BCUT2D eigenvalue weighted by Crippen LogP contribution is -2.31. The number of benzene rings is 2. The second-order valence-electron chi connectivity index (χ2n) is 5.36. The topological polar surface area (TPSA) is 76.7 Å². The van der Waals surface area contributed by atoms with Crippen LogP contribution in [0.3, 0.4) is 0 Å². The van der Waals surface area contributed by atoms with Gasteiger partial charge in [-0.3, -0.25) is 9.59 Å². The van der Waals surface area contributed by atoms with Gasteiger partial charge in [-0.15, -0.1) is 0 Å². The van der Waals surface area contributed by atoms with Gasteiger partial charge in [-0.25, -0.2) is 0 Å². The number of carbonyl (C=O) groups is 2. The fraction of sp³-hybridized carbons (Fsp3) is 0.176. The Morgan fingerprint density at radius 2 is 1.77 bits per heavy atom. The van der Waals surface area contributed by atoms with Crippen LogP contribution in [0.5, 0.6) is 11.5 Å². The number of amides is 2. The van der Waals surface area contributed by atoms with Crippen LogP contribution in [0, 0.1) is 0 Å². The number of para-hydroxylation sites is 1. The van der Waals surface area contributed by atoms with E-state index in [4.69, 9.17) is 9.47 Å². The van der Waals surface area contributed by atoms with Crippen molar-refractivity contribution in [1.82, 2.24) is 5.32 Å². The number of carbonyl (C=O) groups excluding carboxylic acids is 2. The summed E-state index contributed by atoms with van der Waals surface area (Å²) < 4.78 is 47.6. The van der Waals surface area contributed by atoms with Gasteiger partial charge in [0.2, 0.25) is 6.79 Å². The van der Waals surface area contributed by atoms with Crippen LogP contribution >= 0.6 is 0 Å². The molecule has 0 unspecified atom stereocenters. The van der Waals surface area contributed by atoms with E-state index in [1.54, 1.807) is 23.5 Å². The Morgan fingerprint density at radius 3 is 2.54 bits per heavy atom. The average Bonchev–Trinajstić information content (AvgIpc) is 3.07. The van der Waals surface area contributed by atoms with E-state index in [9.17, 15) is 22.8 Å². The number of rotatable bonds is 4. The highest BCUT2D eigenvalue weighted by Crippen LogP contribution is 2.32. The molecule has 2 aromatic rings. The van der Waals surface area contributed by atoms with E-state index < -0.39 is 18.0 Å². The maximum atomic E-state index is 12.4. The second kappa shape index (κ2) is 6.95. The summed E-state index contributed by atoms with van der Waals surface area (Å²) in [7, 11) is 0. The van der Waals surface area contributed by atoms with Crippen molar-refractivity contribution in [1.29, 1.82) is 0 Å². The van der Waals surface area contributed by atoms with Crippen LogP contribution in [-0.4, -0.2) is 24.8 Å². The highest BCUT2D eigenvalue weighted by atomic mass is 19.4. The smallest absolute Gasteiger partial charge is 0.454 e. The maximum absolute atomic E-state index is 12.4. The van der Waals surface area contributed by atoms with Gasteiger partial charge in [0.25, 0.3) is 5.91 Å². The molecule has 0 radical (unpaired) electrons. The predicted octanol–water partition coefficient (Wildman–Crippen LogP) is 2.85.